The van der Waals surface area contributed by atoms with Gasteiger partial charge in [0.05, 0.1) is 6.61 Å². The molecule has 0 unspecified atom stereocenters. The molecule has 0 aliphatic rings. The first-order valence-corrected chi connectivity index (χ1v) is 5.61. The summed E-state index contributed by atoms with van der Waals surface area (Å²) in [6, 6.07) is 0. The van der Waals surface area contributed by atoms with Crippen molar-refractivity contribution in [2.45, 2.75) is 52.4 Å². The van der Waals surface area contributed by atoms with Gasteiger partial charge in [-0.05, 0) is 6.42 Å². The molecule has 4 nitrogen and oxygen atoms in total. The van der Waals surface area contributed by atoms with E-state index in [4.69, 9.17) is 4.74 Å². The van der Waals surface area contributed by atoms with Gasteiger partial charge in [0.25, 0.3) is 0 Å². The van der Waals surface area contributed by atoms with Gasteiger partial charge >= 0.3 is 6.09 Å². The molecule has 0 bridgehead atoms. The summed E-state index contributed by atoms with van der Waals surface area (Å²) in [6.07, 6.45) is 6.24. The summed E-state index contributed by atoms with van der Waals surface area (Å²) in [5, 5.41) is 2.05. The zero-order valence-corrected chi connectivity index (χ0v) is 9.67. The Labute approximate surface area is 91.4 Å². The predicted molar refractivity (Wildman–Crippen MR) is 58.5 cm³/mol. The summed E-state index contributed by atoms with van der Waals surface area (Å²) >= 11 is 0. The molecule has 2 amide bonds. The number of ether oxygens (including phenoxy) is 1. The smallest absolute Gasteiger partial charge is 0.413 e. The summed E-state index contributed by atoms with van der Waals surface area (Å²) < 4.78 is 4.79. The Bertz CT molecular complexity index is 192. The standard InChI is InChI=1S/C11H21NO3/c1-3-4-5-6-7-8-9-15-11(14)12-10(2)13/h3-9H2,1-2H3,(H,12,13,14). The van der Waals surface area contributed by atoms with Gasteiger partial charge in [-0.2, -0.15) is 0 Å². The summed E-state index contributed by atoms with van der Waals surface area (Å²) in [4.78, 5) is 21.3. The van der Waals surface area contributed by atoms with Gasteiger partial charge < -0.3 is 4.74 Å². The van der Waals surface area contributed by atoms with Crippen LogP contribution in [0.5, 0.6) is 0 Å². The molecule has 0 aromatic heterocycles. The maximum absolute atomic E-state index is 10.8. The summed E-state index contributed by atoms with van der Waals surface area (Å²) in [5.74, 6) is -0.386. The Morgan fingerprint density at radius 2 is 1.67 bits per heavy atom. The molecular formula is C11H21NO3. The minimum absolute atomic E-state index is 0.386. The number of carbonyl (C=O) groups is 2. The first-order chi connectivity index (χ1) is 7.16. The summed E-state index contributed by atoms with van der Waals surface area (Å²) in [7, 11) is 0. The average Bonchev–Trinajstić information content (AvgIpc) is 2.15. The van der Waals surface area contributed by atoms with Crippen molar-refractivity contribution < 1.29 is 14.3 Å². The number of rotatable bonds is 7. The van der Waals surface area contributed by atoms with Gasteiger partial charge in [0, 0.05) is 6.92 Å². The van der Waals surface area contributed by atoms with Gasteiger partial charge in [-0.25, -0.2) is 4.79 Å². The van der Waals surface area contributed by atoms with Crippen LogP contribution in [-0.2, 0) is 9.53 Å². The third kappa shape index (κ3) is 10.9. The average molecular weight is 215 g/mol. The van der Waals surface area contributed by atoms with E-state index < -0.39 is 6.09 Å². The van der Waals surface area contributed by atoms with Crippen molar-refractivity contribution in [2.75, 3.05) is 6.61 Å². The minimum atomic E-state index is -0.643. The second-order valence-corrected chi connectivity index (χ2v) is 3.58. The van der Waals surface area contributed by atoms with E-state index >= 15 is 0 Å². The monoisotopic (exact) mass is 215 g/mol. The third-order valence-electron chi connectivity index (χ3n) is 2.01. The van der Waals surface area contributed by atoms with Crippen LogP contribution in [0, 0.1) is 0 Å². The van der Waals surface area contributed by atoms with Crippen molar-refractivity contribution in [2.24, 2.45) is 0 Å². The topological polar surface area (TPSA) is 55.4 Å². The van der Waals surface area contributed by atoms with Gasteiger partial charge in [0.15, 0.2) is 0 Å². The summed E-state index contributed by atoms with van der Waals surface area (Å²) in [6.45, 7) is 3.85. The molecule has 0 aromatic carbocycles. The van der Waals surface area contributed by atoms with E-state index in [1.54, 1.807) is 0 Å². The molecule has 0 saturated heterocycles. The Balaban J connectivity index is 3.16. The molecule has 0 spiro atoms. The number of hydrogen-bond donors (Lipinski definition) is 1. The number of amides is 2. The summed E-state index contributed by atoms with van der Waals surface area (Å²) in [5.41, 5.74) is 0. The Morgan fingerprint density at radius 3 is 2.27 bits per heavy atom. The second kappa shape index (κ2) is 9.49. The number of unbranched alkanes of at least 4 members (excludes halogenated alkanes) is 5. The Morgan fingerprint density at radius 1 is 1.07 bits per heavy atom. The fourth-order valence-electron chi connectivity index (χ4n) is 1.23. The Hall–Kier alpha value is -1.06. The Kier molecular flexibility index (Phi) is 8.82. The van der Waals surface area contributed by atoms with E-state index in [2.05, 4.69) is 12.2 Å². The molecule has 88 valence electrons. The van der Waals surface area contributed by atoms with Crippen LogP contribution >= 0.6 is 0 Å². The molecule has 0 atom stereocenters. The van der Waals surface area contributed by atoms with Crippen LogP contribution in [0.4, 0.5) is 4.79 Å². The van der Waals surface area contributed by atoms with Crippen LogP contribution in [0.3, 0.4) is 0 Å². The lowest BCUT2D eigenvalue weighted by atomic mass is 10.1. The van der Waals surface area contributed by atoms with Crippen molar-refractivity contribution in [1.82, 2.24) is 5.32 Å². The largest absolute Gasteiger partial charge is 0.449 e. The molecule has 0 aliphatic carbocycles. The van der Waals surface area contributed by atoms with Crippen LogP contribution in [0.2, 0.25) is 0 Å². The van der Waals surface area contributed by atoms with E-state index in [0.717, 1.165) is 12.8 Å². The molecule has 0 aromatic rings. The van der Waals surface area contributed by atoms with Crippen LogP contribution in [-0.4, -0.2) is 18.6 Å². The zero-order valence-electron chi connectivity index (χ0n) is 9.67. The lowest BCUT2D eigenvalue weighted by Crippen LogP contribution is -2.28. The van der Waals surface area contributed by atoms with Gasteiger partial charge in [0.2, 0.25) is 5.91 Å². The fraction of sp³-hybridized carbons (Fsp3) is 0.818. The molecule has 0 aliphatic heterocycles. The highest BCUT2D eigenvalue weighted by atomic mass is 16.5. The molecule has 0 saturated carbocycles. The van der Waals surface area contributed by atoms with Crippen molar-refractivity contribution >= 4 is 12.0 Å². The number of carbonyl (C=O) groups excluding carboxylic acids is 2. The SMILES string of the molecule is CCCCCCCCOC(=O)NC(C)=O. The molecule has 0 fully saturated rings. The number of hydrogen-bond acceptors (Lipinski definition) is 3. The second-order valence-electron chi connectivity index (χ2n) is 3.58. The lowest BCUT2D eigenvalue weighted by molar-refractivity contribution is -0.118. The van der Waals surface area contributed by atoms with Crippen LogP contribution in [0.15, 0.2) is 0 Å². The molecule has 0 rings (SSSR count). The first kappa shape index (κ1) is 13.9. The number of nitrogens with one attached hydrogen (secondary N) is 1. The lowest BCUT2D eigenvalue weighted by Gasteiger charge is -2.04. The van der Waals surface area contributed by atoms with Crippen molar-refractivity contribution in [3.63, 3.8) is 0 Å². The van der Waals surface area contributed by atoms with E-state index in [1.165, 1.54) is 32.6 Å². The first-order valence-electron chi connectivity index (χ1n) is 5.61. The highest BCUT2D eigenvalue weighted by Crippen LogP contribution is 2.04. The number of alkyl carbamates (subject to hydrolysis) is 1. The molecule has 0 radical (unpaired) electrons. The van der Waals surface area contributed by atoms with Gasteiger partial charge in [-0.1, -0.05) is 39.0 Å². The normalized spacial score (nSPS) is 9.73. The van der Waals surface area contributed by atoms with Crippen molar-refractivity contribution in [1.29, 1.82) is 0 Å². The van der Waals surface area contributed by atoms with Gasteiger partial charge in [-0.3, -0.25) is 10.1 Å². The molecule has 1 N–H and O–H groups in total. The maximum Gasteiger partial charge on any atom is 0.413 e. The van der Waals surface area contributed by atoms with Gasteiger partial charge in [0.1, 0.15) is 0 Å². The zero-order chi connectivity index (χ0) is 11.5. The third-order valence-corrected chi connectivity index (χ3v) is 2.01. The van der Waals surface area contributed by atoms with Crippen LogP contribution in [0.1, 0.15) is 52.4 Å². The van der Waals surface area contributed by atoms with E-state index in [-0.39, 0.29) is 5.91 Å². The highest BCUT2D eigenvalue weighted by molar-refractivity contribution is 5.90. The van der Waals surface area contributed by atoms with Crippen molar-refractivity contribution in [3.8, 4) is 0 Å². The van der Waals surface area contributed by atoms with Crippen molar-refractivity contribution in [3.05, 3.63) is 0 Å². The quantitative estimate of drug-likeness (QED) is 0.664. The molecule has 15 heavy (non-hydrogen) atoms. The van der Waals surface area contributed by atoms with Crippen LogP contribution < -0.4 is 5.32 Å². The molecular weight excluding hydrogens is 194 g/mol. The maximum atomic E-state index is 10.8. The molecule has 0 heterocycles. The number of imide groups is 1. The van der Waals surface area contributed by atoms with E-state index in [0.29, 0.717) is 6.61 Å². The van der Waals surface area contributed by atoms with E-state index in [1.807, 2.05) is 0 Å². The van der Waals surface area contributed by atoms with Crippen LogP contribution in [0.25, 0.3) is 0 Å². The fourth-order valence-corrected chi connectivity index (χ4v) is 1.23. The minimum Gasteiger partial charge on any atom is -0.449 e. The predicted octanol–water partition coefficient (Wildman–Crippen LogP) is 2.62. The van der Waals surface area contributed by atoms with Gasteiger partial charge in [-0.15, -0.1) is 0 Å². The molecule has 4 heteroatoms. The highest BCUT2D eigenvalue weighted by Gasteiger charge is 2.02. The van der Waals surface area contributed by atoms with E-state index in [9.17, 15) is 9.59 Å².